The fourth-order valence-electron chi connectivity index (χ4n) is 4.64. The fourth-order valence-corrected chi connectivity index (χ4v) is 5.58. The molecular formula is C22H27N7O2S. The van der Waals surface area contributed by atoms with E-state index in [4.69, 9.17) is 5.53 Å². The van der Waals surface area contributed by atoms with Crippen molar-refractivity contribution in [3.8, 4) is 0 Å². The summed E-state index contributed by atoms with van der Waals surface area (Å²) >= 11 is -1.18. The predicted octanol–water partition coefficient (Wildman–Crippen LogP) is 4.17. The van der Waals surface area contributed by atoms with Crippen molar-refractivity contribution >= 4 is 29.3 Å². The highest BCUT2D eigenvalue weighted by molar-refractivity contribution is 7.90. The number of azide groups is 1. The minimum atomic E-state index is -1.18. The number of hydrogen-bond acceptors (Lipinski definition) is 7. The van der Waals surface area contributed by atoms with Crippen LogP contribution in [0.25, 0.3) is 10.4 Å². The van der Waals surface area contributed by atoms with Gasteiger partial charge in [0, 0.05) is 34.8 Å². The average molecular weight is 454 g/mol. The van der Waals surface area contributed by atoms with Crippen molar-refractivity contribution in [2.75, 3.05) is 18.0 Å². The summed E-state index contributed by atoms with van der Waals surface area (Å²) in [5.74, 6) is 0.583. The molecule has 32 heavy (non-hydrogen) atoms. The Kier molecular flexibility index (Phi) is 6.13. The summed E-state index contributed by atoms with van der Waals surface area (Å²) in [6, 6.07) is 8.43. The summed E-state index contributed by atoms with van der Waals surface area (Å²) in [5, 5.41) is 3.50. The lowest BCUT2D eigenvalue weighted by Crippen LogP contribution is -2.49. The lowest BCUT2D eigenvalue weighted by atomic mass is 9.73. The third kappa shape index (κ3) is 4.19. The molecule has 2 heterocycles. The van der Waals surface area contributed by atoms with E-state index in [1.165, 1.54) is 11.1 Å². The summed E-state index contributed by atoms with van der Waals surface area (Å²) in [4.78, 5) is 24.4. The van der Waals surface area contributed by atoms with Crippen LogP contribution in [0, 0.1) is 5.41 Å². The SMILES string of the molecule is CC(C)(C)[S+]([O-])N[C@@H]1c2ccccc2CC12CCN(c1cnc(C=O)c(N=[N+]=[N-])n1)CC2. The lowest BCUT2D eigenvalue weighted by Gasteiger charge is -2.44. The van der Waals surface area contributed by atoms with E-state index in [1.54, 1.807) is 6.20 Å². The highest BCUT2D eigenvalue weighted by atomic mass is 32.2. The minimum absolute atomic E-state index is 0.00586. The minimum Gasteiger partial charge on any atom is -0.598 e. The molecule has 1 aromatic carbocycles. The molecule has 168 valence electrons. The number of rotatable bonds is 5. The second-order valence-corrected chi connectivity index (χ2v) is 11.4. The smallest absolute Gasteiger partial charge is 0.170 e. The van der Waals surface area contributed by atoms with Gasteiger partial charge in [-0.2, -0.15) is 0 Å². The number of anilines is 1. The van der Waals surface area contributed by atoms with Gasteiger partial charge in [0.1, 0.15) is 16.3 Å². The molecule has 1 saturated heterocycles. The van der Waals surface area contributed by atoms with Crippen LogP contribution in [0.1, 0.15) is 61.3 Å². The average Bonchev–Trinajstić information content (AvgIpc) is 3.06. The first-order valence-electron chi connectivity index (χ1n) is 10.7. The van der Waals surface area contributed by atoms with E-state index in [1.807, 2.05) is 26.8 Å². The van der Waals surface area contributed by atoms with Crippen molar-refractivity contribution in [1.82, 2.24) is 14.7 Å². The number of nitrogens with zero attached hydrogens (tertiary/aromatic N) is 6. The van der Waals surface area contributed by atoms with Crippen LogP contribution >= 0.6 is 0 Å². The Balaban J connectivity index is 1.58. The van der Waals surface area contributed by atoms with Gasteiger partial charge in [-0.3, -0.25) is 4.79 Å². The zero-order valence-electron chi connectivity index (χ0n) is 18.5. The molecule has 1 fully saturated rings. The third-order valence-corrected chi connectivity index (χ3v) is 7.97. The second kappa shape index (κ2) is 8.71. The molecule has 0 bridgehead atoms. The maximum Gasteiger partial charge on any atom is 0.170 e. The number of fused-ring (bicyclic) bond motifs is 1. The van der Waals surface area contributed by atoms with Gasteiger partial charge in [-0.15, -0.1) is 4.72 Å². The maximum absolute atomic E-state index is 13.0. The number of aldehydes is 1. The van der Waals surface area contributed by atoms with Crippen molar-refractivity contribution in [2.45, 2.75) is 50.8 Å². The molecule has 0 radical (unpaired) electrons. The van der Waals surface area contributed by atoms with Crippen LogP contribution in [0.3, 0.4) is 0 Å². The molecule has 1 aliphatic carbocycles. The molecule has 10 heteroatoms. The van der Waals surface area contributed by atoms with E-state index < -0.39 is 11.4 Å². The fraction of sp³-hybridized carbons (Fsp3) is 0.500. The number of benzene rings is 1. The van der Waals surface area contributed by atoms with E-state index in [-0.39, 0.29) is 27.7 Å². The van der Waals surface area contributed by atoms with Crippen LogP contribution in [0.15, 0.2) is 35.6 Å². The quantitative estimate of drug-likeness (QED) is 0.238. The zero-order valence-corrected chi connectivity index (χ0v) is 19.3. The Morgan fingerprint density at radius 1 is 1.34 bits per heavy atom. The van der Waals surface area contributed by atoms with Gasteiger partial charge in [0.2, 0.25) is 0 Å². The molecule has 1 spiro atoms. The first-order chi connectivity index (χ1) is 15.3. The van der Waals surface area contributed by atoms with Crippen LogP contribution in [0.5, 0.6) is 0 Å². The van der Waals surface area contributed by atoms with Gasteiger partial charge >= 0.3 is 0 Å². The largest absolute Gasteiger partial charge is 0.598 e. The van der Waals surface area contributed by atoms with E-state index in [2.05, 4.69) is 47.8 Å². The molecule has 1 aromatic heterocycles. The van der Waals surface area contributed by atoms with Crippen LogP contribution in [0.4, 0.5) is 11.6 Å². The zero-order chi connectivity index (χ0) is 22.9. The highest BCUT2D eigenvalue weighted by Crippen LogP contribution is 2.52. The van der Waals surface area contributed by atoms with Crippen molar-refractivity contribution in [3.63, 3.8) is 0 Å². The summed E-state index contributed by atoms with van der Waals surface area (Å²) in [7, 11) is 0. The third-order valence-electron chi connectivity index (χ3n) is 6.41. The van der Waals surface area contributed by atoms with Gasteiger partial charge in [0.25, 0.3) is 0 Å². The van der Waals surface area contributed by atoms with Gasteiger partial charge in [0.15, 0.2) is 12.1 Å². The van der Waals surface area contributed by atoms with Crippen molar-refractivity contribution in [2.24, 2.45) is 10.5 Å². The normalized spacial score (nSPS) is 20.5. The first kappa shape index (κ1) is 22.5. The molecule has 2 atom stereocenters. The summed E-state index contributed by atoms with van der Waals surface area (Å²) in [6.07, 6.45) is 4.79. The highest BCUT2D eigenvalue weighted by Gasteiger charge is 2.50. The van der Waals surface area contributed by atoms with Gasteiger partial charge in [0.05, 0.1) is 12.2 Å². The number of hydrogen-bond donors (Lipinski definition) is 1. The molecule has 1 unspecified atom stereocenters. The van der Waals surface area contributed by atoms with Crippen molar-refractivity contribution < 1.29 is 9.35 Å². The van der Waals surface area contributed by atoms with Crippen LogP contribution in [0.2, 0.25) is 0 Å². The predicted molar refractivity (Wildman–Crippen MR) is 124 cm³/mol. The van der Waals surface area contributed by atoms with Crippen molar-refractivity contribution in [3.05, 3.63) is 57.7 Å². The van der Waals surface area contributed by atoms with E-state index in [0.29, 0.717) is 12.1 Å². The van der Waals surface area contributed by atoms with Gasteiger partial charge < -0.3 is 9.45 Å². The van der Waals surface area contributed by atoms with Gasteiger partial charge in [-0.05, 0) is 61.8 Å². The maximum atomic E-state index is 13.0. The number of nitrogens with one attached hydrogen (secondary N) is 1. The number of piperidine rings is 1. The Bertz CT molecular complexity index is 1060. The number of carbonyl (C=O) groups excluding carboxylic acids is 1. The summed E-state index contributed by atoms with van der Waals surface area (Å²) in [5.41, 5.74) is 11.3. The standard InChI is InChI=1S/C22H27N7O2S/c1-21(2,3)32(31)27-19-16-7-5-4-6-15(16)12-22(19)8-10-29(11-9-22)18-13-24-17(14-30)20(25-18)26-28-23/h4-7,13-14,19,27H,8-12H2,1-3H3/t19-,32?/m1/s1. The second-order valence-electron chi connectivity index (χ2n) is 9.40. The Labute approximate surface area is 190 Å². The molecule has 1 aliphatic heterocycles. The first-order valence-corrected chi connectivity index (χ1v) is 11.8. The van der Waals surface area contributed by atoms with Crippen LogP contribution in [-0.4, -0.2) is 38.6 Å². The molecule has 2 aromatic rings. The van der Waals surface area contributed by atoms with E-state index in [9.17, 15) is 9.35 Å². The number of aromatic nitrogens is 2. The molecule has 0 saturated carbocycles. The Hall–Kier alpha value is -2.65. The van der Waals surface area contributed by atoms with Gasteiger partial charge in [-0.1, -0.05) is 24.3 Å². The van der Waals surface area contributed by atoms with Crippen molar-refractivity contribution in [1.29, 1.82) is 0 Å². The summed E-state index contributed by atoms with van der Waals surface area (Å²) in [6.45, 7) is 7.41. The Morgan fingerprint density at radius 2 is 2.06 bits per heavy atom. The molecular weight excluding hydrogens is 426 g/mol. The van der Waals surface area contributed by atoms with Gasteiger partial charge in [-0.25, -0.2) is 9.97 Å². The lowest BCUT2D eigenvalue weighted by molar-refractivity contribution is 0.111. The molecule has 4 rings (SSSR count). The van der Waals surface area contributed by atoms with E-state index >= 15 is 0 Å². The molecule has 1 N–H and O–H groups in total. The Morgan fingerprint density at radius 3 is 2.72 bits per heavy atom. The summed E-state index contributed by atoms with van der Waals surface area (Å²) < 4.78 is 16.1. The molecule has 0 amide bonds. The van der Waals surface area contributed by atoms with E-state index in [0.717, 1.165) is 32.4 Å². The number of carbonyl (C=O) groups is 1. The van der Waals surface area contributed by atoms with Crippen LogP contribution < -0.4 is 9.62 Å². The van der Waals surface area contributed by atoms with Crippen LogP contribution in [-0.2, 0) is 17.8 Å². The monoisotopic (exact) mass is 453 g/mol. The molecule has 2 aliphatic rings. The topological polar surface area (TPSA) is 130 Å². The molecule has 9 nitrogen and oxygen atoms in total.